The maximum absolute atomic E-state index is 12.5. The molecular formula is C14H24N4O2. The van der Waals surface area contributed by atoms with Crippen molar-refractivity contribution in [3.63, 3.8) is 0 Å². The first-order valence-electron chi connectivity index (χ1n) is 7.17. The van der Waals surface area contributed by atoms with E-state index in [9.17, 15) is 9.90 Å². The van der Waals surface area contributed by atoms with Gasteiger partial charge in [-0.3, -0.25) is 9.69 Å². The Morgan fingerprint density at radius 1 is 1.60 bits per heavy atom. The van der Waals surface area contributed by atoms with Crippen LogP contribution in [0.2, 0.25) is 0 Å². The van der Waals surface area contributed by atoms with Crippen LogP contribution in [-0.2, 0) is 4.79 Å². The van der Waals surface area contributed by atoms with E-state index in [1.807, 2.05) is 14.0 Å². The van der Waals surface area contributed by atoms with E-state index in [1.165, 1.54) is 0 Å². The number of imidazole rings is 1. The van der Waals surface area contributed by atoms with Gasteiger partial charge in [-0.15, -0.1) is 0 Å². The van der Waals surface area contributed by atoms with Crippen LogP contribution in [0.1, 0.15) is 38.6 Å². The number of hydrogen-bond acceptors (Lipinski definition) is 4. The molecule has 20 heavy (non-hydrogen) atoms. The number of piperazine rings is 1. The van der Waals surface area contributed by atoms with E-state index < -0.39 is 5.60 Å². The summed E-state index contributed by atoms with van der Waals surface area (Å²) in [5, 5.41) is 10.3. The highest BCUT2D eigenvalue weighted by Crippen LogP contribution is 2.24. The summed E-state index contributed by atoms with van der Waals surface area (Å²) in [6, 6.07) is 0.0557. The molecule has 0 saturated carbocycles. The van der Waals surface area contributed by atoms with Crippen molar-refractivity contribution in [1.82, 2.24) is 19.8 Å². The molecule has 1 aromatic heterocycles. The summed E-state index contributed by atoms with van der Waals surface area (Å²) in [6.45, 7) is 5.56. The number of aromatic amines is 1. The third-order valence-corrected chi connectivity index (χ3v) is 3.97. The molecule has 0 spiro atoms. The topological polar surface area (TPSA) is 72.5 Å². The summed E-state index contributed by atoms with van der Waals surface area (Å²) < 4.78 is 0. The first-order valence-corrected chi connectivity index (χ1v) is 7.17. The first kappa shape index (κ1) is 15.0. The van der Waals surface area contributed by atoms with E-state index in [0.717, 1.165) is 18.8 Å². The van der Waals surface area contributed by atoms with Gasteiger partial charge in [-0.25, -0.2) is 4.98 Å². The predicted octanol–water partition coefficient (Wildman–Crippen LogP) is 0.776. The minimum absolute atomic E-state index is 0.0557. The second-order valence-electron chi connectivity index (χ2n) is 5.75. The van der Waals surface area contributed by atoms with Gasteiger partial charge in [0.15, 0.2) is 0 Å². The van der Waals surface area contributed by atoms with Crippen molar-refractivity contribution in [3.05, 3.63) is 18.2 Å². The monoisotopic (exact) mass is 280 g/mol. The number of likely N-dealkylation sites (N-methyl/N-ethyl adjacent to an activating group) is 1. The Kier molecular flexibility index (Phi) is 4.45. The number of aliphatic hydroxyl groups is 1. The standard InChI is InChI=1S/C14H24N4O2/c1-4-5-14(2,20)13(19)18-9-8-17(3)11(10-18)12-15-6-7-16-12/h6-7,11,20H,4-5,8-10H2,1-3H3,(H,15,16)/t11-,14-/m1/s1. The number of carbonyl (C=O) groups excluding carboxylic acids is 1. The molecule has 0 aliphatic carbocycles. The van der Waals surface area contributed by atoms with Gasteiger partial charge in [0.25, 0.3) is 5.91 Å². The zero-order valence-electron chi connectivity index (χ0n) is 12.5. The molecule has 1 amide bonds. The molecule has 2 N–H and O–H groups in total. The van der Waals surface area contributed by atoms with E-state index in [1.54, 1.807) is 24.2 Å². The van der Waals surface area contributed by atoms with Crippen molar-refractivity contribution in [3.8, 4) is 0 Å². The zero-order valence-corrected chi connectivity index (χ0v) is 12.5. The van der Waals surface area contributed by atoms with E-state index in [-0.39, 0.29) is 11.9 Å². The molecule has 0 unspecified atom stereocenters. The molecular weight excluding hydrogens is 256 g/mol. The molecule has 2 heterocycles. The number of amides is 1. The summed E-state index contributed by atoms with van der Waals surface area (Å²) >= 11 is 0. The van der Waals surface area contributed by atoms with Crippen molar-refractivity contribution < 1.29 is 9.90 Å². The number of carbonyl (C=O) groups is 1. The van der Waals surface area contributed by atoms with Gasteiger partial charge in [-0.05, 0) is 20.4 Å². The van der Waals surface area contributed by atoms with E-state index >= 15 is 0 Å². The lowest BCUT2D eigenvalue weighted by Crippen LogP contribution is -2.55. The second kappa shape index (κ2) is 5.93. The minimum Gasteiger partial charge on any atom is -0.380 e. The Hall–Kier alpha value is -1.40. The Morgan fingerprint density at radius 3 is 2.95 bits per heavy atom. The second-order valence-corrected chi connectivity index (χ2v) is 5.75. The number of nitrogens with zero attached hydrogens (tertiary/aromatic N) is 3. The molecule has 0 radical (unpaired) electrons. The van der Waals surface area contributed by atoms with Crippen LogP contribution >= 0.6 is 0 Å². The smallest absolute Gasteiger partial charge is 0.254 e. The highest BCUT2D eigenvalue weighted by atomic mass is 16.3. The van der Waals surface area contributed by atoms with Crippen LogP contribution in [0.3, 0.4) is 0 Å². The molecule has 0 bridgehead atoms. The molecule has 1 aromatic rings. The van der Waals surface area contributed by atoms with Crippen LogP contribution < -0.4 is 0 Å². The fourth-order valence-electron chi connectivity index (χ4n) is 2.75. The molecule has 2 rings (SSSR count). The van der Waals surface area contributed by atoms with Crippen LogP contribution in [0.5, 0.6) is 0 Å². The average molecular weight is 280 g/mol. The fourth-order valence-corrected chi connectivity index (χ4v) is 2.75. The maximum atomic E-state index is 12.5. The fraction of sp³-hybridized carbons (Fsp3) is 0.714. The first-order chi connectivity index (χ1) is 9.45. The van der Waals surface area contributed by atoms with Crippen LogP contribution in [0.25, 0.3) is 0 Å². The molecule has 1 aliphatic rings. The number of H-pyrrole nitrogens is 1. The quantitative estimate of drug-likeness (QED) is 0.855. The highest BCUT2D eigenvalue weighted by Gasteiger charge is 2.37. The van der Waals surface area contributed by atoms with Gasteiger partial charge < -0.3 is 15.0 Å². The van der Waals surface area contributed by atoms with E-state index in [0.29, 0.717) is 19.5 Å². The lowest BCUT2D eigenvalue weighted by Gasteiger charge is -2.41. The summed E-state index contributed by atoms with van der Waals surface area (Å²) in [7, 11) is 2.03. The molecule has 1 saturated heterocycles. The number of hydrogen-bond donors (Lipinski definition) is 2. The van der Waals surface area contributed by atoms with E-state index in [4.69, 9.17) is 0 Å². The normalized spacial score (nSPS) is 23.6. The number of rotatable bonds is 4. The van der Waals surface area contributed by atoms with Gasteiger partial charge in [-0.2, -0.15) is 0 Å². The molecule has 1 aliphatic heterocycles. The van der Waals surface area contributed by atoms with Crippen LogP contribution in [0.4, 0.5) is 0 Å². The van der Waals surface area contributed by atoms with Gasteiger partial charge in [0.05, 0.1) is 6.04 Å². The van der Waals surface area contributed by atoms with Gasteiger partial charge in [0.1, 0.15) is 11.4 Å². The lowest BCUT2D eigenvalue weighted by molar-refractivity contribution is -0.153. The Balaban J connectivity index is 2.09. The Bertz CT molecular complexity index is 444. The Labute approximate surface area is 119 Å². The minimum atomic E-state index is -1.27. The van der Waals surface area contributed by atoms with Crippen LogP contribution in [0, 0.1) is 0 Å². The molecule has 6 nitrogen and oxygen atoms in total. The third-order valence-electron chi connectivity index (χ3n) is 3.97. The van der Waals surface area contributed by atoms with Crippen molar-refractivity contribution in [1.29, 1.82) is 0 Å². The van der Waals surface area contributed by atoms with Crippen molar-refractivity contribution in [2.45, 2.75) is 38.3 Å². The van der Waals surface area contributed by atoms with Gasteiger partial charge in [0, 0.05) is 32.0 Å². The number of nitrogens with one attached hydrogen (secondary N) is 1. The average Bonchev–Trinajstić information content (AvgIpc) is 2.92. The largest absolute Gasteiger partial charge is 0.380 e. The molecule has 112 valence electrons. The summed E-state index contributed by atoms with van der Waals surface area (Å²) in [5.41, 5.74) is -1.27. The van der Waals surface area contributed by atoms with E-state index in [2.05, 4.69) is 14.9 Å². The van der Waals surface area contributed by atoms with Crippen LogP contribution in [0.15, 0.2) is 12.4 Å². The molecule has 6 heteroatoms. The molecule has 1 fully saturated rings. The molecule has 0 aromatic carbocycles. The number of aromatic nitrogens is 2. The summed E-state index contributed by atoms with van der Waals surface area (Å²) in [6.07, 6.45) is 4.78. The van der Waals surface area contributed by atoms with Crippen molar-refractivity contribution in [2.24, 2.45) is 0 Å². The summed E-state index contributed by atoms with van der Waals surface area (Å²) in [5.74, 6) is 0.684. The van der Waals surface area contributed by atoms with Gasteiger partial charge in [-0.1, -0.05) is 13.3 Å². The maximum Gasteiger partial charge on any atom is 0.254 e. The molecule has 2 atom stereocenters. The lowest BCUT2D eigenvalue weighted by atomic mass is 9.98. The van der Waals surface area contributed by atoms with Crippen molar-refractivity contribution >= 4 is 5.91 Å². The summed E-state index contributed by atoms with van der Waals surface area (Å²) in [4.78, 5) is 23.8. The Morgan fingerprint density at radius 2 is 2.35 bits per heavy atom. The SMILES string of the molecule is CCC[C@@](C)(O)C(=O)N1CCN(C)[C@@H](c2ncc[nH]2)C1. The predicted molar refractivity (Wildman–Crippen MR) is 76.1 cm³/mol. The van der Waals surface area contributed by atoms with Crippen molar-refractivity contribution in [2.75, 3.05) is 26.7 Å². The highest BCUT2D eigenvalue weighted by molar-refractivity contribution is 5.84. The van der Waals surface area contributed by atoms with Gasteiger partial charge in [0.2, 0.25) is 0 Å². The van der Waals surface area contributed by atoms with Gasteiger partial charge >= 0.3 is 0 Å². The van der Waals surface area contributed by atoms with Crippen LogP contribution in [-0.4, -0.2) is 63.1 Å². The zero-order chi connectivity index (χ0) is 14.8. The third kappa shape index (κ3) is 3.02.